The van der Waals surface area contributed by atoms with Gasteiger partial charge in [-0.05, 0) is 59.1 Å². The average Bonchev–Trinajstić information content (AvgIpc) is 2.87. The summed E-state index contributed by atoms with van der Waals surface area (Å²) < 4.78 is 14.4. The number of anilines is 2. The largest absolute Gasteiger partial charge is 0.382 e. The number of amides is 1. The molecule has 1 amide bonds. The normalized spacial score (nSPS) is 23.2. The van der Waals surface area contributed by atoms with Gasteiger partial charge in [0, 0.05) is 40.8 Å². The van der Waals surface area contributed by atoms with Crippen molar-refractivity contribution < 1.29 is 9.18 Å². The van der Waals surface area contributed by atoms with Gasteiger partial charge >= 0.3 is 0 Å². The van der Waals surface area contributed by atoms with Gasteiger partial charge in [0.1, 0.15) is 5.82 Å². The van der Waals surface area contributed by atoms with E-state index < -0.39 is 5.41 Å². The maximum absolute atomic E-state index is 14.0. The molecule has 0 radical (unpaired) electrons. The number of likely N-dealkylation sites (N-methyl/N-ethyl adjacent to an activating group) is 1. The standard InChI is InChI=1S/C21H16BrClFN3O/c1-27-18-10-25-17-7-16(24)15(22)6-14(17)19(18)21(20(27)28)8-13(9-21)26-12-4-2-11(23)3-5-12/h2-7,10,13,26H,8-9H2,1H3. The number of carbonyl (C=O) groups excluding carboxylic acids is 1. The third kappa shape index (κ3) is 2.47. The minimum absolute atomic E-state index is 0.0754. The molecular weight excluding hydrogens is 445 g/mol. The summed E-state index contributed by atoms with van der Waals surface area (Å²) in [6.45, 7) is 0. The lowest BCUT2D eigenvalue weighted by molar-refractivity contribution is -0.126. The van der Waals surface area contributed by atoms with Crippen LogP contribution in [0.25, 0.3) is 10.9 Å². The summed E-state index contributed by atoms with van der Waals surface area (Å²) in [5.74, 6) is -0.283. The molecule has 1 saturated carbocycles. The van der Waals surface area contributed by atoms with E-state index in [1.165, 1.54) is 6.07 Å². The van der Waals surface area contributed by atoms with Crippen LogP contribution in [0.3, 0.4) is 0 Å². The number of halogens is 3. The fourth-order valence-electron chi connectivity index (χ4n) is 4.52. The van der Waals surface area contributed by atoms with Gasteiger partial charge in [-0.3, -0.25) is 9.78 Å². The molecule has 0 saturated heterocycles. The zero-order valence-electron chi connectivity index (χ0n) is 15.0. The summed E-state index contributed by atoms with van der Waals surface area (Å²) in [7, 11) is 1.78. The van der Waals surface area contributed by atoms with Gasteiger partial charge < -0.3 is 10.2 Å². The third-order valence-corrected chi connectivity index (χ3v) is 6.71. The average molecular weight is 461 g/mol. The second-order valence-electron chi connectivity index (χ2n) is 7.50. The topological polar surface area (TPSA) is 45.2 Å². The molecule has 2 aliphatic rings. The molecule has 4 nitrogen and oxygen atoms in total. The fraction of sp³-hybridized carbons (Fsp3) is 0.238. The maximum Gasteiger partial charge on any atom is 0.237 e. The Morgan fingerprint density at radius 2 is 2.00 bits per heavy atom. The van der Waals surface area contributed by atoms with Crippen LogP contribution in [-0.2, 0) is 10.2 Å². The quantitative estimate of drug-likeness (QED) is 0.566. The first-order chi connectivity index (χ1) is 13.4. The summed E-state index contributed by atoms with van der Waals surface area (Å²) in [5, 5.41) is 4.99. The molecule has 2 heterocycles. The first-order valence-electron chi connectivity index (χ1n) is 8.97. The van der Waals surface area contributed by atoms with Crippen LogP contribution in [0.2, 0.25) is 5.02 Å². The van der Waals surface area contributed by atoms with Gasteiger partial charge in [-0.25, -0.2) is 4.39 Å². The molecule has 2 aromatic carbocycles. The number of nitrogens with zero attached hydrogens (tertiary/aromatic N) is 2. The Morgan fingerprint density at radius 1 is 1.29 bits per heavy atom. The van der Waals surface area contributed by atoms with Crippen molar-refractivity contribution >= 4 is 55.7 Å². The lowest BCUT2D eigenvalue weighted by atomic mass is 9.61. The highest BCUT2D eigenvalue weighted by atomic mass is 79.9. The molecular formula is C21H16BrClFN3O. The molecule has 1 aromatic heterocycles. The van der Waals surface area contributed by atoms with Crippen molar-refractivity contribution in [3.05, 3.63) is 63.5 Å². The van der Waals surface area contributed by atoms with Crippen molar-refractivity contribution in [2.24, 2.45) is 0 Å². The molecule has 0 unspecified atom stereocenters. The number of hydrogen-bond donors (Lipinski definition) is 1. The molecule has 1 spiro atoms. The molecule has 0 bridgehead atoms. The van der Waals surface area contributed by atoms with Crippen LogP contribution in [0.4, 0.5) is 15.8 Å². The fourth-order valence-corrected chi connectivity index (χ4v) is 4.98. The Bertz CT molecular complexity index is 1130. The second-order valence-corrected chi connectivity index (χ2v) is 8.80. The summed E-state index contributed by atoms with van der Waals surface area (Å²) in [6.07, 6.45) is 3.04. The number of carbonyl (C=O) groups is 1. The molecule has 3 aromatic rings. The number of pyridine rings is 1. The lowest BCUT2D eigenvalue weighted by Crippen LogP contribution is -2.53. The first kappa shape index (κ1) is 17.9. The van der Waals surface area contributed by atoms with Gasteiger partial charge in [0.2, 0.25) is 5.91 Å². The Balaban J connectivity index is 1.54. The highest BCUT2D eigenvalue weighted by molar-refractivity contribution is 9.10. The van der Waals surface area contributed by atoms with Gasteiger partial charge in [0.25, 0.3) is 0 Å². The summed E-state index contributed by atoms with van der Waals surface area (Å²) in [6, 6.07) is 10.9. The van der Waals surface area contributed by atoms with Gasteiger partial charge in [0.15, 0.2) is 0 Å². The second kappa shape index (κ2) is 6.16. The molecule has 0 atom stereocenters. The monoisotopic (exact) mass is 459 g/mol. The lowest BCUT2D eigenvalue weighted by Gasteiger charge is -2.45. The van der Waals surface area contributed by atoms with Crippen LogP contribution in [0.15, 0.2) is 47.1 Å². The zero-order chi connectivity index (χ0) is 19.6. The summed E-state index contributed by atoms with van der Waals surface area (Å²) in [5.41, 5.74) is 2.72. The summed E-state index contributed by atoms with van der Waals surface area (Å²) >= 11 is 9.22. The highest BCUT2D eigenvalue weighted by Gasteiger charge is 2.58. The number of aromatic nitrogens is 1. The highest BCUT2D eigenvalue weighted by Crippen LogP contribution is 2.55. The van der Waals surface area contributed by atoms with Crippen LogP contribution >= 0.6 is 27.5 Å². The van der Waals surface area contributed by atoms with E-state index >= 15 is 0 Å². The SMILES string of the molecule is CN1C(=O)C2(CC(Nc3ccc(Cl)cc3)C2)c2c1cnc1cc(F)c(Br)cc21. The van der Waals surface area contributed by atoms with Crippen LogP contribution in [0, 0.1) is 5.82 Å². The molecule has 5 rings (SSSR count). The predicted octanol–water partition coefficient (Wildman–Crippen LogP) is 5.28. The Kier molecular flexibility index (Phi) is 3.93. The van der Waals surface area contributed by atoms with E-state index in [0.29, 0.717) is 27.9 Å². The molecule has 1 aliphatic heterocycles. The number of hydrogen-bond acceptors (Lipinski definition) is 3. The molecule has 142 valence electrons. The van der Waals surface area contributed by atoms with Crippen molar-refractivity contribution in [3.63, 3.8) is 0 Å². The van der Waals surface area contributed by atoms with Crippen molar-refractivity contribution in [3.8, 4) is 0 Å². The van der Waals surface area contributed by atoms with Crippen molar-refractivity contribution in [1.29, 1.82) is 0 Å². The van der Waals surface area contributed by atoms with E-state index in [1.807, 2.05) is 24.3 Å². The van der Waals surface area contributed by atoms with Gasteiger partial charge in [-0.2, -0.15) is 0 Å². The van der Waals surface area contributed by atoms with Gasteiger partial charge in [0.05, 0.1) is 27.3 Å². The molecule has 1 aliphatic carbocycles. The number of fused-ring (bicyclic) bond motifs is 4. The van der Waals surface area contributed by atoms with E-state index in [9.17, 15) is 9.18 Å². The van der Waals surface area contributed by atoms with Crippen molar-refractivity contribution in [2.45, 2.75) is 24.3 Å². The van der Waals surface area contributed by atoms with Crippen molar-refractivity contribution in [1.82, 2.24) is 4.98 Å². The van der Waals surface area contributed by atoms with Gasteiger partial charge in [-0.15, -0.1) is 0 Å². The Morgan fingerprint density at radius 3 is 2.71 bits per heavy atom. The van der Waals surface area contributed by atoms with Crippen LogP contribution < -0.4 is 10.2 Å². The van der Waals surface area contributed by atoms with Crippen LogP contribution in [0.5, 0.6) is 0 Å². The maximum atomic E-state index is 14.0. The van der Waals surface area contributed by atoms with E-state index in [1.54, 1.807) is 24.2 Å². The number of nitrogens with one attached hydrogen (secondary N) is 1. The minimum Gasteiger partial charge on any atom is -0.382 e. The van der Waals surface area contributed by atoms with Crippen LogP contribution in [0.1, 0.15) is 18.4 Å². The molecule has 1 N–H and O–H groups in total. The molecule has 28 heavy (non-hydrogen) atoms. The molecule has 7 heteroatoms. The first-order valence-corrected chi connectivity index (χ1v) is 10.1. The van der Waals surface area contributed by atoms with E-state index in [0.717, 1.165) is 22.3 Å². The van der Waals surface area contributed by atoms with E-state index in [4.69, 9.17) is 11.6 Å². The predicted molar refractivity (Wildman–Crippen MR) is 113 cm³/mol. The van der Waals surface area contributed by atoms with Crippen LogP contribution in [-0.4, -0.2) is 24.0 Å². The zero-order valence-corrected chi connectivity index (χ0v) is 17.3. The van der Waals surface area contributed by atoms with E-state index in [2.05, 4.69) is 26.2 Å². The smallest absolute Gasteiger partial charge is 0.237 e. The van der Waals surface area contributed by atoms with Crippen molar-refractivity contribution in [2.75, 3.05) is 17.3 Å². The number of rotatable bonds is 2. The Labute approximate surface area is 174 Å². The Hall–Kier alpha value is -2.18. The number of benzene rings is 2. The van der Waals surface area contributed by atoms with Gasteiger partial charge in [-0.1, -0.05) is 11.6 Å². The van der Waals surface area contributed by atoms with E-state index in [-0.39, 0.29) is 17.8 Å². The summed E-state index contributed by atoms with van der Waals surface area (Å²) in [4.78, 5) is 19.2. The third-order valence-electron chi connectivity index (χ3n) is 5.85. The minimum atomic E-state index is -0.591. The molecule has 1 fully saturated rings.